The average molecular weight is 362 g/mol. The van der Waals surface area contributed by atoms with Gasteiger partial charge in [-0.15, -0.1) is 22.9 Å². The van der Waals surface area contributed by atoms with Gasteiger partial charge in [0.2, 0.25) is 0 Å². The zero-order chi connectivity index (χ0) is 13.8. The van der Waals surface area contributed by atoms with Crippen LogP contribution in [0.2, 0.25) is 0 Å². The Morgan fingerprint density at radius 2 is 2.16 bits per heavy atom. The Kier molecular flexibility index (Phi) is 5.13. The molecule has 0 bridgehead atoms. The van der Waals surface area contributed by atoms with Crippen molar-refractivity contribution in [1.29, 1.82) is 0 Å². The van der Waals surface area contributed by atoms with Crippen molar-refractivity contribution in [2.75, 3.05) is 13.7 Å². The second-order valence-electron chi connectivity index (χ2n) is 3.87. The Hall–Kier alpha value is -0.710. The quantitative estimate of drug-likeness (QED) is 0.677. The lowest BCUT2D eigenvalue weighted by Gasteiger charge is -2.14. The smallest absolute Gasteiger partial charge is 0.129 e. The number of ether oxygens (including phenoxy) is 2. The van der Waals surface area contributed by atoms with E-state index in [4.69, 9.17) is 21.1 Å². The van der Waals surface area contributed by atoms with Gasteiger partial charge in [0.1, 0.15) is 11.5 Å². The van der Waals surface area contributed by atoms with Gasteiger partial charge in [-0.1, -0.05) is 15.9 Å². The Morgan fingerprint density at radius 3 is 2.79 bits per heavy atom. The first-order chi connectivity index (χ1) is 9.15. The number of hydrogen-bond donors (Lipinski definition) is 0. The highest BCUT2D eigenvalue weighted by atomic mass is 79.9. The Bertz CT molecular complexity index is 556. The minimum Gasteiger partial charge on any atom is -0.496 e. The summed E-state index contributed by atoms with van der Waals surface area (Å²) >= 11 is 11.6. The third kappa shape index (κ3) is 3.44. The molecule has 0 saturated heterocycles. The zero-order valence-corrected chi connectivity index (χ0v) is 13.8. The molecule has 2 aromatic rings. The van der Waals surface area contributed by atoms with E-state index in [1.165, 1.54) is 0 Å². The highest BCUT2D eigenvalue weighted by Crippen LogP contribution is 2.40. The van der Waals surface area contributed by atoms with Crippen molar-refractivity contribution in [2.45, 2.75) is 12.3 Å². The minimum absolute atomic E-state index is 0.243. The first kappa shape index (κ1) is 14.7. The summed E-state index contributed by atoms with van der Waals surface area (Å²) in [7, 11) is 1.65. The predicted molar refractivity (Wildman–Crippen MR) is 83.9 cm³/mol. The summed E-state index contributed by atoms with van der Waals surface area (Å²) in [6, 6.07) is 7.84. The topological polar surface area (TPSA) is 18.5 Å². The lowest BCUT2D eigenvalue weighted by Crippen LogP contribution is -1.99. The largest absolute Gasteiger partial charge is 0.496 e. The van der Waals surface area contributed by atoms with Crippen LogP contribution in [-0.4, -0.2) is 13.7 Å². The van der Waals surface area contributed by atoms with E-state index < -0.39 is 0 Å². The molecule has 1 aromatic heterocycles. The van der Waals surface area contributed by atoms with Crippen LogP contribution in [0, 0.1) is 0 Å². The molecule has 1 aromatic carbocycles. The van der Waals surface area contributed by atoms with E-state index in [1.54, 1.807) is 18.4 Å². The van der Waals surface area contributed by atoms with Crippen molar-refractivity contribution in [1.82, 2.24) is 0 Å². The van der Waals surface area contributed by atoms with Crippen molar-refractivity contribution in [3.05, 3.63) is 44.6 Å². The van der Waals surface area contributed by atoms with E-state index in [9.17, 15) is 0 Å². The average Bonchev–Trinajstić information content (AvgIpc) is 2.89. The molecule has 0 N–H and O–H groups in total. The minimum atomic E-state index is -0.243. The number of halogens is 2. The lowest BCUT2D eigenvalue weighted by atomic mass is 10.1. The summed E-state index contributed by atoms with van der Waals surface area (Å²) in [6.45, 7) is 2.58. The summed E-state index contributed by atoms with van der Waals surface area (Å²) in [5.41, 5.74) is 0.961. The molecule has 19 heavy (non-hydrogen) atoms. The fourth-order valence-electron chi connectivity index (χ4n) is 1.73. The van der Waals surface area contributed by atoms with Gasteiger partial charge < -0.3 is 9.47 Å². The van der Waals surface area contributed by atoms with E-state index in [2.05, 4.69) is 15.9 Å². The number of rotatable bonds is 5. The molecule has 1 atom stereocenters. The van der Waals surface area contributed by atoms with E-state index in [-0.39, 0.29) is 5.38 Å². The lowest BCUT2D eigenvalue weighted by molar-refractivity contribution is 0.337. The van der Waals surface area contributed by atoms with Crippen molar-refractivity contribution in [3.8, 4) is 11.5 Å². The molecule has 0 fully saturated rings. The molecule has 2 nitrogen and oxygen atoms in total. The summed E-state index contributed by atoms with van der Waals surface area (Å²) in [4.78, 5) is 1.04. The van der Waals surface area contributed by atoms with Gasteiger partial charge in [0.05, 0.1) is 19.1 Å². The van der Waals surface area contributed by atoms with Crippen LogP contribution in [0.4, 0.5) is 0 Å². The zero-order valence-electron chi connectivity index (χ0n) is 10.7. The predicted octanol–water partition coefficient (Wildman–Crippen LogP) is 5.25. The normalized spacial score (nSPS) is 12.2. The van der Waals surface area contributed by atoms with Crippen LogP contribution in [0.1, 0.15) is 22.7 Å². The molecular weight excluding hydrogens is 348 g/mol. The molecule has 0 amide bonds. The van der Waals surface area contributed by atoms with Gasteiger partial charge in [-0.05, 0) is 31.2 Å². The molecule has 0 radical (unpaired) electrons. The van der Waals surface area contributed by atoms with E-state index in [1.807, 2.05) is 36.6 Å². The van der Waals surface area contributed by atoms with Crippen molar-refractivity contribution in [2.24, 2.45) is 0 Å². The van der Waals surface area contributed by atoms with Gasteiger partial charge in [-0.3, -0.25) is 0 Å². The monoisotopic (exact) mass is 360 g/mol. The molecule has 2 rings (SSSR count). The second-order valence-corrected chi connectivity index (χ2v) is 6.16. The highest BCUT2D eigenvalue weighted by molar-refractivity contribution is 9.10. The van der Waals surface area contributed by atoms with Crippen molar-refractivity contribution >= 4 is 38.9 Å². The van der Waals surface area contributed by atoms with E-state index in [0.717, 1.165) is 26.4 Å². The Morgan fingerprint density at radius 1 is 1.37 bits per heavy atom. The van der Waals surface area contributed by atoms with E-state index in [0.29, 0.717) is 6.61 Å². The first-order valence-corrected chi connectivity index (χ1v) is 7.95. The van der Waals surface area contributed by atoms with Gasteiger partial charge >= 0.3 is 0 Å². The summed E-state index contributed by atoms with van der Waals surface area (Å²) in [5.74, 6) is 1.65. The second kappa shape index (κ2) is 6.64. The van der Waals surface area contributed by atoms with Crippen molar-refractivity contribution < 1.29 is 9.47 Å². The van der Waals surface area contributed by atoms with Gasteiger partial charge in [0.25, 0.3) is 0 Å². The fourth-order valence-corrected chi connectivity index (χ4v) is 3.35. The fraction of sp³-hybridized carbons (Fsp3) is 0.286. The summed E-state index contributed by atoms with van der Waals surface area (Å²) in [6.07, 6.45) is 0. The number of benzene rings is 1. The molecule has 0 saturated carbocycles. The van der Waals surface area contributed by atoms with Gasteiger partial charge in [0.15, 0.2) is 0 Å². The number of thiophene rings is 1. The number of methoxy groups -OCH3 is 1. The maximum Gasteiger partial charge on any atom is 0.129 e. The molecule has 5 heteroatoms. The van der Waals surface area contributed by atoms with Crippen LogP contribution in [0.3, 0.4) is 0 Å². The van der Waals surface area contributed by atoms with Crippen LogP contribution in [0.15, 0.2) is 34.1 Å². The van der Waals surface area contributed by atoms with Crippen LogP contribution in [0.5, 0.6) is 11.5 Å². The maximum atomic E-state index is 6.57. The van der Waals surface area contributed by atoms with Crippen LogP contribution >= 0.6 is 38.9 Å². The molecule has 0 spiro atoms. The van der Waals surface area contributed by atoms with Crippen LogP contribution < -0.4 is 9.47 Å². The van der Waals surface area contributed by atoms with Gasteiger partial charge in [-0.2, -0.15) is 0 Å². The first-order valence-electron chi connectivity index (χ1n) is 5.84. The molecule has 0 aliphatic rings. The standard InChI is InChI=1S/C14H14BrClO2S/c1-3-18-12-5-4-9(15)6-11(12)14(16)13-7-10(17-2)8-19-13/h4-8,14H,3H2,1-2H3. The SMILES string of the molecule is CCOc1ccc(Br)cc1C(Cl)c1cc(OC)cs1. The van der Waals surface area contributed by atoms with Crippen LogP contribution in [0.25, 0.3) is 0 Å². The summed E-state index contributed by atoms with van der Waals surface area (Å²) < 4.78 is 11.8. The molecule has 1 unspecified atom stereocenters. The third-order valence-corrected chi connectivity index (χ3v) is 4.69. The molecule has 1 heterocycles. The van der Waals surface area contributed by atoms with Crippen LogP contribution in [-0.2, 0) is 0 Å². The summed E-state index contributed by atoms with van der Waals surface area (Å²) in [5, 5.41) is 1.70. The Labute approximate surface area is 130 Å². The maximum absolute atomic E-state index is 6.57. The molecule has 0 aliphatic carbocycles. The molecule has 0 aliphatic heterocycles. The molecular formula is C14H14BrClO2S. The Balaban J connectivity index is 2.36. The number of hydrogen-bond acceptors (Lipinski definition) is 3. The third-order valence-electron chi connectivity index (χ3n) is 2.63. The molecule has 102 valence electrons. The van der Waals surface area contributed by atoms with Gasteiger partial charge in [-0.25, -0.2) is 0 Å². The van der Waals surface area contributed by atoms with E-state index >= 15 is 0 Å². The van der Waals surface area contributed by atoms with Crippen molar-refractivity contribution in [3.63, 3.8) is 0 Å². The van der Waals surface area contributed by atoms with Gasteiger partial charge in [0, 0.05) is 20.3 Å². The highest BCUT2D eigenvalue weighted by Gasteiger charge is 2.18. The number of alkyl halides is 1.